The van der Waals surface area contributed by atoms with Gasteiger partial charge in [-0.15, -0.1) is 0 Å². The van der Waals surface area contributed by atoms with E-state index in [4.69, 9.17) is 5.73 Å². The molecule has 1 aromatic carbocycles. The first-order valence-electron chi connectivity index (χ1n) is 6.30. The van der Waals surface area contributed by atoms with Crippen LogP contribution in [0, 0.1) is 10.1 Å². The molecular formula is C13H20N4O3. The first-order valence-corrected chi connectivity index (χ1v) is 6.30. The fraction of sp³-hybridized carbons (Fsp3) is 0.462. The van der Waals surface area contributed by atoms with E-state index in [2.05, 4.69) is 0 Å². The Morgan fingerprint density at radius 2 is 2.05 bits per heavy atom. The molecule has 0 heterocycles. The molecule has 110 valence electrons. The zero-order valence-corrected chi connectivity index (χ0v) is 12.0. The van der Waals surface area contributed by atoms with Crippen molar-refractivity contribution in [2.24, 2.45) is 0 Å². The van der Waals surface area contributed by atoms with Crippen LogP contribution in [0.2, 0.25) is 0 Å². The van der Waals surface area contributed by atoms with Crippen LogP contribution >= 0.6 is 0 Å². The van der Waals surface area contributed by atoms with Crippen LogP contribution < -0.4 is 5.73 Å². The predicted octanol–water partition coefficient (Wildman–Crippen LogP) is 1.09. The van der Waals surface area contributed by atoms with E-state index >= 15 is 0 Å². The Kier molecular flexibility index (Phi) is 5.45. The summed E-state index contributed by atoms with van der Waals surface area (Å²) >= 11 is 0. The molecule has 2 N–H and O–H groups in total. The van der Waals surface area contributed by atoms with Crippen molar-refractivity contribution >= 4 is 17.3 Å². The smallest absolute Gasteiger partial charge is 0.292 e. The van der Waals surface area contributed by atoms with Crippen molar-refractivity contribution in [3.8, 4) is 0 Å². The van der Waals surface area contributed by atoms with Gasteiger partial charge in [-0.2, -0.15) is 0 Å². The number of likely N-dealkylation sites (N-methyl/N-ethyl adjacent to an activating group) is 2. The highest BCUT2D eigenvalue weighted by atomic mass is 16.6. The molecule has 0 aliphatic heterocycles. The molecule has 0 unspecified atom stereocenters. The van der Waals surface area contributed by atoms with Crippen LogP contribution in [0.5, 0.6) is 0 Å². The number of nitro benzene ring substituents is 1. The Hall–Kier alpha value is -2.15. The number of hydrogen-bond acceptors (Lipinski definition) is 5. The molecule has 0 bridgehead atoms. The molecule has 0 aliphatic carbocycles. The Bertz CT molecular complexity index is 502. The van der Waals surface area contributed by atoms with Gasteiger partial charge in [0, 0.05) is 26.7 Å². The van der Waals surface area contributed by atoms with Gasteiger partial charge in [-0.05, 0) is 18.2 Å². The Labute approximate surface area is 118 Å². The molecule has 1 aromatic rings. The number of amides is 1. The Morgan fingerprint density at radius 3 is 2.50 bits per heavy atom. The summed E-state index contributed by atoms with van der Waals surface area (Å²) in [6, 6.07) is 4.64. The van der Waals surface area contributed by atoms with Gasteiger partial charge in [0.1, 0.15) is 5.69 Å². The van der Waals surface area contributed by atoms with Gasteiger partial charge in [0.25, 0.3) is 5.69 Å². The highest BCUT2D eigenvalue weighted by Crippen LogP contribution is 2.22. The second kappa shape index (κ2) is 6.85. The fourth-order valence-electron chi connectivity index (χ4n) is 1.74. The van der Waals surface area contributed by atoms with Crippen molar-refractivity contribution in [2.75, 3.05) is 32.9 Å². The molecule has 0 fully saturated rings. The summed E-state index contributed by atoms with van der Waals surface area (Å²) in [5, 5.41) is 10.7. The lowest BCUT2D eigenvalue weighted by molar-refractivity contribution is -0.383. The van der Waals surface area contributed by atoms with Gasteiger partial charge < -0.3 is 10.6 Å². The molecule has 0 saturated carbocycles. The van der Waals surface area contributed by atoms with Crippen molar-refractivity contribution < 1.29 is 9.72 Å². The maximum absolute atomic E-state index is 11.7. The fourth-order valence-corrected chi connectivity index (χ4v) is 1.74. The van der Waals surface area contributed by atoms with E-state index in [1.807, 2.05) is 11.8 Å². The molecule has 1 amide bonds. The lowest BCUT2D eigenvalue weighted by atomic mass is 10.1. The Balaban J connectivity index is 2.78. The molecule has 0 spiro atoms. The number of anilines is 1. The number of hydrogen-bond donors (Lipinski definition) is 1. The summed E-state index contributed by atoms with van der Waals surface area (Å²) in [6.45, 7) is 3.49. The standard InChI is InChI=1S/C13H20N4O3/c1-4-16(9-13(18)15(2)3)8-10-5-6-12(17(19)20)11(14)7-10/h5-7H,4,8-9,14H2,1-3H3. The van der Waals surface area contributed by atoms with Gasteiger partial charge in [-0.3, -0.25) is 19.8 Å². The van der Waals surface area contributed by atoms with Crippen LogP contribution in [0.4, 0.5) is 11.4 Å². The molecule has 0 aromatic heterocycles. The van der Waals surface area contributed by atoms with E-state index < -0.39 is 4.92 Å². The van der Waals surface area contributed by atoms with Gasteiger partial charge >= 0.3 is 0 Å². The van der Waals surface area contributed by atoms with Gasteiger partial charge in [0.05, 0.1) is 11.5 Å². The number of nitrogen functional groups attached to an aromatic ring is 1. The van der Waals surface area contributed by atoms with Crippen LogP contribution in [0.3, 0.4) is 0 Å². The first kappa shape index (κ1) is 15.9. The summed E-state index contributed by atoms with van der Waals surface area (Å²) in [6.07, 6.45) is 0. The maximum atomic E-state index is 11.7. The quantitative estimate of drug-likeness (QED) is 0.478. The third kappa shape index (κ3) is 4.20. The van der Waals surface area contributed by atoms with Crippen molar-refractivity contribution in [3.05, 3.63) is 33.9 Å². The van der Waals surface area contributed by atoms with E-state index in [0.717, 1.165) is 5.56 Å². The van der Waals surface area contributed by atoms with E-state index in [0.29, 0.717) is 19.6 Å². The normalized spacial score (nSPS) is 10.6. The van der Waals surface area contributed by atoms with Gasteiger partial charge in [-0.1, -0.05) is 13.0 Å². The third-order valence-electron chi connectivity index (χ3n) is 3.00. The van der Waals surface area contributed by atoms with E-state index in [1.54, 1.807) is 26.2 Å². The summed E-state index contributed by atoms with van der Waals surface area (Å²) in [5.74, 6) is 0.0155. The highest BCUT2D eigenvalue weighted by Gasteiger charge is 2.14. The topological polar surface area (TPSA) is 92.7 Å². The minimum Gasteiger partial charge on any atom is -0.393 e. The molecule has 7 nitrogen and oxygen atoms in total. The SMILES string of the molecule is CCN(CC(=O)N(C)C)Cc1ccc([N+](=O)[O-])c(N)c1. The van der Waals surface area contributed by atoms with Crippen LogP contribution in [0.15, 0.2) is 18.2 Å². The second-order valence-electron chi connectivity index (χ2n) is 4.74. The lowest BCUT2D eigenvalue weighted by Gasteiger charge is -2.22. The molecule has 0 saturated heterocycles. The highest BCUT2D eigenvalue weighted by molar-refractivity contribution is 5.77. The summed E-state index contributed by atoms with van der Waals surface area (Å²) in [4.78, 5) is 25.4. The number of nitrogens with zero attached hydrogens (tertiary/aromatic N) is 3. The molecule has 1 rings (SSSR count). The Morgan fingerprint density at radius 1 is 1.40 bits per heavy atom. The minimum absolute atomic E-state index is 0.0155. The monoisotopic (exact) mass is 280 g/mol. The number of benzene rings is 1. The van der Waals surface area contributed by atoms with Gasteiger partial charge in [0.2, 0.25) is 5.91 Å². The molecule has 0 aliphatic rings. The largest absolute Gasteiger partial charge is 0.393 e. The van der Waals surface area contributed by atoms with Crippen LogP contribution in [0.25, 0.3) is 0 Å². The van der Waals surface area contributed by atoms with Crippen LogP contribution in [-0.4, -0.2) is 47.8 Å². The summed E-state index contributed by atoms with van der Waals surface area (Å²) in [7, 11) is 3.42. The number of carbonyl (C=O) groups excluding carboxylic acids is 1. The van der Waals surface area contributed by atoms with Crippen LogP contribution in [-0.2, 0) is 11.3 Å². The van der Waals surface area contributed by atoms with Crippen molar-refractivity contribution in [2.45, 2.75) is 13.5 Å². The zero-order chi connectivity index (χ0) is 15.3. The second-order valence-corrected chi connectivity index (χ2v) is 4.74. The molecular weight excluding hydrogens is 260 g/mol. The van der Waals surface area contributed by atoms with Crippen molar-refractivity contribution in [3.63, 3.8) is 0 Å². The zero-order valence-electron chi connectivity index (χ0n) is 12.0. The number of nitro groups is 1. The molecule has 0 atom stereocenters. The summed E-state index contributed by atoms with van der Waals surface area (Å²) in [5.41, 5.74) is 6.55. The van der Waals surface area contributed by atoms with Gasteiger partial charge in [-0.25, -0.2) is 0 Å². The third-order valence-corrected chi connectivity index (χ3v) is 3.00. The average molecular weight is 280 g/mol. The number of nitrogens with two attached hydrogens (primary N) is 1. The maximum Gasteiger partial charge on any atom is 0.292 e. The number of rotatable bonds is 6. The molecule has 7 heteroatoms. The van der Waals surface area contributed by atoms with Crippen molar-refractivity contribution in [1.29, 1.82) is 0 Å². The predicted molar refractivity (Wildman–Crippen MR) is 77.2 cm³/mol. The molecule has 20 heavy (non-hydrogen) atoms. The lowest BCUT2D eigenvalue weighted by Crippen LogP contribution is -2.36. The van der Waals surface area contributed by atoms with Gasteiger partial charge in [0.15, 0.2) is 0 Å². The first-order chi connectivity index (χ1) is 9.35. The average Bonchev–Trinajstić information content (AvgIpc) is 2.37. The molecule has 0 radical (unpaired) electrons. The van der Waals surface area contributed by atoms with E-state index in [1.165, 1.54) is 11.0 Å². The van der Waals surface area contributed by atoms with E-state index in [-0.39, 0.29) is 17.3 Å². The number of carbonyl (C=O) groups is 1. The minimum atomic E-state index is -0.508. The summed E-state index contributed by atoms with van der Waals surface area (Å²) < 4.78 is 0. The van der Waals surface area contributed by atoms with E-state index in [9.17, 15) is 14.9 Å². The van der Waals surface area contributed by atoms with Crippen molar-refractivity contribution in [1.82, 2.24) is 9.80 Å². The van der Waals surface area contributed by atoms with Crippen LogP contribution in [0.1, 0.15) is 12.5 Å².